The topological polar surface area (TPSA) is 17.1 Å². The Bertz CT molecular complexity index is 225. The normalized spacial score (nSPS) is 23.0. The van der Waals surface area contributed by atoms with Crippen molar-refractivity contribution >= 4 is 5.78 Å². The van der Waals surface area contributed by atoms with Crippen LogP contribution in [0.4, 0.5) is 0 Å². The van der Waals surface area contributed by atoms with Crippen LogP contribution in [0.5, 0.6) is 0 Å². The second-order valence-corrected chi connectivity index (χ2v) is 4.00. The Morgan fingerprint density at radius 3 is 2.54 bits per heavy atom. The first-order valence-corrected chi connectivity index (χ1v) is 5.43. The van der Waals surface area contributed by atoms with E-state index in [0.717, 1.165) is 31.3 Å². The third-order valence-electron chi connectivity index (χ3n) is 3.13. The maximum Gasteiger partial charge on any atom is 0.159 e. The summed E-state index contributed by atoms with van der Waals surface area (Å²) in [5.74, 6) is 0.970. The van der Waals surface area contributed by atoms with Gasteiger partial charge in [-0.05, 0) is 37.7 Å². The van der Waals surface area contributed by atoms with Gasteiger partial charge in [0.1, 0.15) is 0 Å². The summed E-state index contributed by atoms with van der Waals surface area (Å²) < 4.78 is 0. The van der Waals surface area contributed by atoms with Crippen LogP contribution in [0.25, 0.3) is 0 Å². The lowest BCUT2D eigenvalue weighted by Gasteiger charge is -2.06. The standard InChI is InChI=1S/C12H20O/c1-4-6-7-11-9(3)10(5-2)8-12(11)13/h10H,4-8H2,1-3H3. The average molecular weight is 180 g/mol. The zero-order valence-electron chi connectivity index (χ0n) is 9.02. The summed E-state index contributed by atoms with van der Waals surface area (Å²) in [7, 11) is 0. The molecule has 1 atom stereocenters. The minimum Gasteiger partial charge on any atom is -0.295 e. The van der Waals surface area contributed by atoms with Crippen molar-refractivity contribution in [3.05, 3.63) is 11.1 Å². The molecule has 0 saturated carbocycles. The van der Waals surface area contributed by atoms with Crippen molar-refractivity contribution in [2.45, 2.75) is 52.9 Å². The smallest absolute Gasteiger partial charge is 0.159 e. The van der Waals surface area contributed by atoms with E-state index in [9.17, 15) is 4.79 Å². The molecule has 1 rings (SSSR count). The van der Waals surface area contributed by atoms with Gasteiger partial charge in [-0.2, -0.15) is 0 Å². The molecule has 74 valence electrons. The summed E-state index contributed by atoms with van der Waals surface area (Å²) in [5.41, 5.74) is 2.52. The van der Waals surface area contributed by atoms with Crippen molar-refractivity contribution < 1.29 is 4.79 Å². The number of hydrogen-bond donors (Lipinski definition) is 0. The SMILES string of the molecule is CCCCC1=C(C)C(CC)CC1=O. The van der Waals surface area contributed by atoms with Gasteiger partial charge in [0.05, 0.1) is 0 Å². The third-order valence-corrected chi connectivity index (χ3v) is 3.13. The maximum atomic E-state index is 11.6. The Labute approximate surface area is 81.2 Å². The van der Waals surface area contributed by atoms with Crippen molar-refractivity contribution in [1.82, 2.24) is 0 Å². The summed E-state index contributed by atoms with van der Waals surface area (Å²) >= 11 is 0. The van der Waals surface area contributed by atoms with Crippen LogP contribution in [0.1, 0.15) is 52.9 Å². The van der Waals surface area contributed by atoms with E-state index in [-0.39, 0.29) is 0 Å². The minimum atomic E-state index is 0.415. The van der Waals surface area contributed by atoms with Crippen LogP contribution in [-0.2, 0) is 4.79 Å². The fraction of sp³-hybridized carbons (Fsp3) is 0.750. The van der Waals surface area contributed by atoms with E-state index in [4.69, 9.17) is 0 Å². The lowest BCUT2D eigenvalue weighted by molar-refractivity contribution is -0.115. The van der Waals surface area contributed by atoms with Gasteiger partial charge in [0.2, 0.25) is 0 Å². The Hall–Kier alpha value is -0.590. The molecule has 0 aromatic carbocycles. The molecule has 0 aromatic rings. The Kier molecular flexibility index (Phi) is 3.71. The van der Waals surface area contributed by atoms with E-state index >= 15 is 0 Å². The molecule has 0 fully saturated rings. The summed E-state index contributed by atoms with van der Waals surface area (Å²) in [6, 6.07) is 0. The second kappa shape index (κ2) is 4.59. The molecule has 13 heavy (non-hydrogen) atoms. The van der Waals surface area contributed by atoms with Crippen LogP contribution in [0.3, 0.4) is 0 Å². The number of unbranched alkanes of at least 4 members (excludes halogenated alkanes) is 1. The van der Waals surface area contributed by atoms with Crippen molar-refractivity contribution in [3.63, 3.8) is 0 Å². The minimum absolute atomic E-state index is 0.415. The van der Waals surface area contributed by atoms with E-state index in [1.807, 2.05) is 0 Å². The van der Waals surface area contributed by atoms with Crippen LogP contribution in [0.15, 0.2) is 11.1 Å². The highest BCUT2D eigenvalue weighted by Gasteiger charge is 2.27. The highest BCUT2D eigenvalue weighted by Crippen LogP contribution is 2.33. The van der Waals surface area contributed by atoms with Crippen LogP contribution in [0, 0.1) is 5.92 Å². The van der Waals surface area contributed by atoms with Crippen molar-refractivity contribution in [2.75, 3.05) is 0 Å². The molecule has 0 amide bonds. The van der Waals surface area contributed by atoms with Gasteiger partial charge >= 0.3 is 0 Å². The number of hydrogen-bond acceptors (Lipinski definition) is 1. The van der Waals surface area contributed by atoms with Crippen molar-refractivity contribution in [3.8, 4) is 0 Å². The molecule has 0 spiro atoms. The van der Waals surface area contributed by atoms with E-state index in [1.165, 1.54) is 12.0 Å². The van der Waals surface area contributed by atoms with Gasteiger partial charge in [0.25, 0.3) is 0 Å². The lowest BCUT2D eigenvalue weighted by atomic mass is 9.99. The first-order chi connectivity index (χ1) is 6.20. The quantitative estimate of drug-likeness (QED) is 0.647. The van der Waals surface area contributed by atoms with Gasteiger partial charge in [-0.3, -0.25) is 4.79 Å². The van der Waals surface area contributed by atoms with Crippen molar-refractivity contribution in [2.24, 2.45) is 5.92 Å². The molecule has 0 heterocycles. The van der Waals surface area contributed by atoms with Crippen molar-refractivity contribution in [1.29, 1.82) is 0 Å². The Morgan fingerprint density at radius 2 is 2.08 bits per heavy atom. The van der Waals surface area contributed by atoms with Crippen LogP contribution < -0.4 is 0 Å². The zero-order valence-corrected chi connectivity index (χ0v) is 9.02. The molecule has 1 aliphatic rings. The molecule has 1 heteroatoms. The molecule has 0 aliphatic heterocycles. The number of Topliss-reactive ketones (excluding diaryl/α,β-unsaturated/α-hetero) is 1. The fourth-order valence-corrected chi connectivity index (χ4v) is 2.11. The molecule has 0 N–H and O–H groups in total. The summed E-state index contributed by atoms with van der Waals surface area (Å²) in [6.45, 7) is 6.49. The number of ketones is 1. The van der Waals surface area contributed by atoms with Crippen LogP contribution in [-0.4, -0.2) is 5.78 Å². The molecule has 0 saturated heterocycles. The summed E-state index contributed by atoms with van der Waals surface area (Å²) in [4.78, 5) is 11.6. The van der Waals surface area contributed by atoms with Gasteiger partial charge < -0.3 is 0 Å². The molecular formula is C12H20O. The van der Waals surface area contributed by atoms with Gasteiger partial charge in [0.15, 0.2) is 5.78 Å². The molecule has 0 aromatic heterocycles. The predicted octanol–water partition coefficient (Wildman–Crippen LogP) is 3.49. The van der Waals surface area contributed by atoms with Gasteiger partial charge in [0, 0.05) is 6.42 Å². The first kappa shape index (κ1) is 10.5. The predicted molar refractivity (Wildman–Crippen MR) is 55.6 cm³/mol. The maximum absolute atomic E-state index is 11.6. The number of allylic oxidation sites excluding steroid dienone is 2. The third kappa shape index (κ3) is 2.20. The highest BCUT2D eigenvalue weighted by atomic mass is 16.1. The van der Waals surface area contributed by atoms with Gasteiger partial charge in [-0.25, -0.2) is 0 Å². The van der Waals surface area contributed by atoms with Crippen LogP contribution >= 0.6 is 0 Å². The monoisotopic (exact) mass is 180 g/mol. The van der Waals surface area contributed by atoms with E-state index in [0.29, 0.717) is 11.7 Å². The molecule has 0 bridgehead atoms. The molecule has 1 nitrogen and oxygen atoms in total. The largest absolute Gasteiger partial charge is 0.295 e. The second-order valence-electron chi connectivity index (χ2n) is 4.00. The molecule has 0 radical (unpaired) electrons. The highest BCUT2D eigenvalue weighted by molar-refractivity contribution is 5.99. The molecule has 1 unspecified atom stereocenters. The van der Waals surface area contributed by atoms with Gasteiger partial charge in [-0.15, -0.1) is 0 Å². The summed E-state index contributed by atoms with van der Waals surface area (Å²) in [5, 5.41) is 0. The average Bonchev–Trinajstić information content (AvgIpc) is 2.39. The molecule has 1 aliphatic carbocycles. The summed E-state index contributed by atoms with van der Waals surface area (Å²) in [6.07, 6.45) is 5.25. The number of carbonyl (C=O) groups is 1. The number of carbonyl (C=O) groups excluding carboxylic acids is 1. The van der Waals surface area contributed by atoms with Crippen LogP contribution in [0.2, 0.25) is 0 Å². The zero-order chi connectivity index (χ0) is 9.84. The van der Waals surface area contributed by atoms with E-state index < -0.39 is 0 Å². The first-order valence-electron chi connectivity index (χ1n) is 5.43. The fourth-order valence-electron chi connectivity index (χ4n) is 2.11. The Balaban J connectivity index is 2.67. The van der Waals surface area contributed by atoms with Gasteiger partial charge in [-0.1, -0.05) is 25.8 Å². The number of rotatable bonds is 4. The Morgan fingerprint density at radius 1 is 1.38 bits per heavy atom. The van der Waals surface area contributed by atoms with E-state index in [2.05, 4.69) is 20.8 Å². The molecular weight excluding hydrogens is 160 g/mol. The van der Waals surface area contributed by atoms with E-state index in [1.54, 1.807) is 0 Å². The lowest BCUT2D eigenvalue weighted by Crippen LogP contribution is -1.97.